The van der Waals surface area contributed by atoms with Gasteiger partial charge in [0, 0.05) is 30.1 Å². The number of hydrogen-bond acceptors (Lipinski definition) is 9. The van der Waals surface area contributed by atoms with E-state index < -0.39 is 27.6 Å². The van der Waals surface area contributed by atoms with Gasteiger partial charge in [-0.15, -0.1) is 0 Å². The minimum absolute atomic E-state index is 0.000451. The number of esters is 3. The van der Waals surface area contributed by atoms with E-state index in [0.29, 0.717) is 89.3 Å². The van der Waals surface area contributed by atoms with Crippen LogP contribution >= 0.6 is 0 Å². The summed E-state index contributed by atoms with van der Waals surface area (Å²) in [6.07, 6.45) is 21.8. The van der Waals surface area contributed by atoms with Crippen LogP contribution in [0.5, 0.6) is 0 Å². The lowest BCUT2D eigenvalue weighted by molar-refractivity contribution is -0.345. The van der Waals surface area contributed by atoms with Crippen molar-refractivity contribution in [3.05, 3.63) is 0 Å². The van der Waals surface area contributed by atoms with Crippen LogP contribution < -0.4 is 0 Å². The highest BCUT2D eigenvalue weighted by Crippen LogP contribution is 2.76. The zero-order valence-electron chi connectivity index (χ0n) is 40.8. The number of hydrogen-bond donors (Lipinski definition) is 3. The number of ether oxygens (including phenoxy) is 3. The first-order valence-electron chi connectivity index (χ1n) is 26.9. The largest absolute Gasteiger partial charge is 0.459 e. The molecule has 18 fully saturated rings. The van der Waals surface area contributed by atoms with Crippen molar-refractivity contribution in [1.29, 1.82) is 0 Å². The molecule has 0 aromatic heterocycles. The second-order valence-electron chi connectivity index (χ2n) is 27.3. The van der Waals surface area contributed by atoms with Gasteiger partial charge in [0.25, 0.3) is 0 Å². The minimum Gasteiger partial charge on any atom is -0.459 e. The summed E-state index contributed by atoms with van der Waals surface area (Å²) in [7, 11) is 0. The van der Waals surface area contributed by atoms with E-state index in [1.165, 1.54) is 57.8 Å². The lowest BCUT2D eigenvalue weighted by Gasteiger charge is -2.75. The third-order valence-electron chi connectivity index (χ3n) is 22.9. The predicted molar refractivity (Wildman–Crippen MR) is 241 cm³/mol. The van der Waals surface area contributed by atoms with Crippen LogP contribution in [0.2, 0.25) is 0 Å². The Kier molecular flexibility index (Phi) is 10.1. The van der Waals surface area contributed by atoms with E-state index in [1.54, 1.807) is 0 Å². The smallest absolute Gasteiger partial charge is 0.312 e. The Balaban J connectivity index is 0.000000108. The normalized spacial score (nSPS) is 53.1. The van der Waals surface area contributed by atoms with Crippen LogP contribution in [-0.2, 0) is 28.6 Å². The van der Waals surface area contributed by atoms with E-state index in [-0.39, 0.29) is 40.6 Å². The molecule has 0 aliphatic heterocycles. The standard InChI is InChI=1S/C20H30O3.C19H28O3.C16H26O3/c1-4-18(2,3)17(21)23-20-10-12-5-13-15(20)7-11-8-16(20)14(6-12)19(13,22)9-11;1-3-10(2)17(20)22-19-9-12-4-13-15(19)6-11-7-16(19)14(5-12)18(13,21)8-11;1-4-14(2,3)13(17)19-16-8-11-5-12(9-16)7-15(18,6-11)10-16/h11-16,22H,4-10H2,1-3H3;10-16,21H,3-9H2,1-2H3;11-12,18H,4-10H2,1-3H3. The summed E-state index contributed by atoms with van der Waals surface area (Å²) in [5.74, 6) is 7.09. The summed E-state index contributed by atoms with van der Waals surface area (Å²) in [5.41, 5.74) is -3.00. The zero-order chi connectivity index (χ0) is 45.4. The maximum atomic E-state index is 12.9. The molecule has 0 aromatic rings. The number of rotatable bonds is 9. The molecule has 18 aliphatic rings. The van der Waals surface area contributed by atoms with E-state index in [4.69, 9.17) is 14.2 Å². The van der Waals surface area contributed by atoms with E-state index in [9.17, 15) is 29.7 Å². The van der Waals surface area contributed by atoms with Crippen molar-refractivity contribution in [1.82, 2.24) is 0 Å². The second-order valence-corrected chi connectivity index (χ2v) is 27.3. The van der Waals surface area contributed by atoms with Gasteiger partial charge in [0.05, 0.1) is 33.6 Å². The Morgan fingerprint density at radius 2 is 0.875 bits per heavy atom. The Labute approximate surface area is 384 Å². The van der Waals surface area contributed by atoms with Crippen molar-refractivity contribution in [3.8, 4) is 0 Å². The molecular formula is C55H84O9. The molecule has 64 heavy (non-hydrogen) atoms. The Bertz CT molecular complexity index is 1850. The second kappa shape index (κ2) is 14.4. The molecule has 0 amide bonds. The molecule has 3 N–H and O–H groups in total. The minimum atomic E-state index is -0.555. The average Bonchev–Trinajstić information content (AvgIpc) is 3.23. The first kappa shape index (κ1) is 44.8. The van der Waals surface area contributed by atoms with Crippen LogP contribution in [0, 0.1) is 99.6 Å². The van der Waals surface area contributed by atoms with Gasteiger partial charge < -0.3 is 29.5 Å². The molecule has 0 saturated heterocycles. The van der Waals surface area contributed by atoms with Gasteiger partial charge >= 0.3 is 17.9 Å². The molecular weight excluding hydrogens is 805 g/mol. The van der Waals surface area contributed by atoms with Crippen LogP contribution in [0.25, 0.3) is 0 Å². The molecule has 0 radical (unpaired) electrons. The van der Waals surface area contributed by atoms with Crippen LogP contribution in [0.4, 0.5) is 0 Å². The summed E-state index contributed by atoms with van der Waals surface area (Å²) in [6, 6.07) is 0. The fourth-order valence-electron chi connectivity index (χ4n) is 19.8. The third-order valence-corrected chi connectivity index (χ3v) is 22.9. The van der Waals surface area contributed by atoms with Crippen molar-refractivity contribution in [2.24, 2.45) is 99.6 Å². The topological polar surface area (TPSA) is 140 Å². The van der Waals surface area contributed by atoms with Gasteiger partial charge in [-0.25, -0.2) is 0 Å². The highest BCUT2D eigenvalue weighted by molar-refractivity contribution is 5.77. The van der Waals surface area contributed by atoms with Gasteiger partial charge in [-0.05, 0) is 215 Å². The molecule has 9 heteroatoms. The quantitative estimate of drug-likeness (QED) is 0.153. The fourth-order valence-corrected chi connectivity index (χ4v) is 19.8. The number of carbonyl (C=O) groups is 3. The molecule has 0 heterocycles. The van der Waals surface area contributed by atoms with Crippen LogP contribution in [-0.4, -0.2) is 66.8 Å². The van der Waals surface area contributed by atoms with E-state index >= 15 is 0 Å². The first-order valence-corrected chi connectivity index (χ1v) is 26.9. The van der Waals surface area contributed by atoms with E-state index in [1.807, 2.05) is 41.5 Å². The molecule has 18 rings (SSSR count). The lowest BCUT2D eigenvalue weighted by Crippen LogP contribution is -2.78. The van der Waals surface area contributed by atoms with Gasteiger partial charge in [-0.1, -0.05) is 27.7 Å². The van der Waals surface area contributed by atoms with Crippen LogP contribution in [0.1, 0.15) is 190 Å². The fraction of sp³-hybridized carbons (Fsp3) is 0.945. The monoisotopic (exact) mass is 889 g/mol. The van der Waals surface area contributed by atoms with Crippen molar-refractivity contribution < 1.29 is 43.9 Å². The molecule has 0 aromatic carbocycles. The lowest BCUT2D eigenvalue weighted by atomic mass is 9.32. The summed E-state index contributed by atoms with van der Waals surface area (Å²) < 4.78 is 18.7. The Hall–Kier alpha value is -1.71. The zero-order valence-corrected chi connectivity index (χ0v) is 40.8. The van der Waals surface area contributed by atoms with Gasteiger partial charge in [0.2, 0.25) is 0 Å². The van der Waals surface area contributed by atoms with E-state index in [2.05, 4.69) is 13.8 Å². The molecule has 358 valence electrons. The number of aliphatic hydroxyl groups is 3. The summed E-state index contributed by atoms with van der Waals surface area (Å²) in [6.45, 7) is 16.1. The third kappa shape index (κ3) is 6.31. The van der Waals surface area contributed by atoms with Gasteiger partial charge in [0.1, 0.15) is 16.8 Å². The SMILES string of the molecule is CCC(C)(C)C(=O)OC12CC3CC(CC(O)(C3)C1)C2.CCC(C)(C)C(=O)OC12CC3CC4C1CC1CC2C(C3)C4(O)C1.CCC(C)C(=O)OC12CC3CC4C1CC1CC2C(C3)C4(O)C1. The summed E-state index contributed by atoms with van der Waals surface area (Å²) >= 11 is 0. The molecule has 18 saturated carbocycles. The van der Waals surface area contributed by atoms with Crippen molar-refractivity contribution in [2.75, 3.05) is 0 Å². The van der Waals surface area contributed by atoms with E-state index in [0.717, 1.165) is 70.6 Å². The highest BCUT2D eigenvalue weighted by Gasteiger charge is 2.78. The number of carbonyl (C=O) groups excluding carboxylic acids is 3. The molecule has 11 atom stereocenters. The van der Waals surface area contributed by atoms with Gasteiger partial charge in [-0.2, -0.15) is 0 Å². The summed E-state index contributed by atoms with van der Waals surface area (Å²) in [5, 5.41) is 33.5. The van der Waals surface area contributed by atoms with Crippen LogP contribution in [0.3, 0.4) is 0 Å². The van der Waals surface area contributed by atoms with Gasteiger partial charge in [-0.3, -0.25) is 14.4 Å². The maximum Gasteiger partial charge on any atom is 0.312 e. The average molecular weight is 889 g/mol. The van der Waals surface area contributed by atoms with Crippen LogP contribution in [0.15, 0.2) is 0 Å². The Morgan fingerprint density at radius 1 is 0.500 bits per heavy atom. The maximum absolute atomic E-state index is 12.9. The van der Waals surface area contributed by atoms with Gasteiger partial charge in [0.15, 0.2) is 0 Å². The molecule has 0 spiro atoms. The molecule has 11 unspecified atom stereocenters. The highest BCUT2D eigenvalue weighted by atomic mass is 16.6. The Morgan fingerprint density at radius 3 is 1.27 bits per heavy atom. The predicted octanol–water partition coefficient (Wildman–Crippen LogP) is 9.74. The van der Waals surface area contributed by atoms with Crippen molar-refractivity contribution >= 4 is 17.9 Å². The molecule has 9 nitrogen and oxygen atoms in total. The molecule has 18 aliphatic carbocycles. The van der Waals surface area contributed by atoms with Crippen molar-refractivity contribution in [3.63, 3.8) is 0 Å². The summed E-state index contributed by atoms with van der Waals surface area (Å²) in [4.78, 5) is 37.9. The van der Waals surface area contributed by atoms with Crippen molar-refractivity contribution in [2.45, 2.75) is 224 Å². The first-order chi connectivity index (χ1) is 30.0. The molecule has 20 bridgehead atoms.